The summed E-state index contributed by atoms with van der Waals surface area (Å²) in [5.41, 5.74) is 0.659. The number of hydrogen-bond acceptors (Lipinski definition) is 4. The molecule has 0 radical (unpaired) electrons. The molecule has 86 valence electrons. The number of nitrogens with zero attached hydrogens (tertiary/aromatic N) is 1. The third-order valence-electron chi connectivity index (χ3n) is 1.84. The van der Waals surface area contributed by atoms with Crippen molar-refractivity contribution in [2.75, 3.05) is 7.11 Å². The molecule has 1 aromatic rings. The Morgan fingerprint density at radius 3 is 2.50 bits per heavy atom. The number of rotatable bonds is 4. The molecular formula is C11H12ClNO3. The molecule has 0 atom stereocenters. The minimum Gasteiger partial charge on any atom is -0.497 e. The zero-order valence-corrected chi connectivity index (χ0v) is 9.82. The first kappa shape index (κ1) is 12.5. The Bertz CT molecular complexity index is 387. The predicted molar refractivity (Wildman–Crippen MR) is 61.8 cm³/mol. The normalized spacial score (nSPS) is 11.1. The summed E-state index contributed by atoms with van der Waals surface area (Å²) in [6.07, 6.45) is 0.260. The van der Waals surface area contributed by atoms with Gasteiger partial charge in [0.2, 0.25) is 0 Å². The summed E-state index contributed by atoms with van der Waals surface area (Å²) in [6.45, 7) is 1.68. The van der Waals surface area contributed by atoms with Crippen molar-refractivity contribution < 1.29 is 14.4 Å². The molecule has 0 unspecified atom stereocenters. The van der Waals surface area contributed by atoms with Crippen LogP contribution in [0, 0.1) is 0 Å². The van der Waals surface area contributed by atoms with E-state index >= 15 is 0 Å². The van der Waals surface area contributed by atoms with E-state index in [4.69, 9.17) is 16.3 Å². The summed E-state index contributed by atoms with van der Waals surface area (Å²) in [7, 11) is 1.58. The molecule has 0 aliphatic carbocycles. The molecule has 1 rings (SSSR count). The Labute approximate surface area is 98.8 Å². The van der Waals surface area contributed by atoms with Gasteiger partial charge in [-0.25, -0.2) is 4.79 Å². The maximum Gasteiger partial charge on any atom is 0.334 e. The topological polar surface area (TPSA) is 47.9 Å². The lowest BCUT2D eigenvalue weighted by Crippen LogP contribution is -2.00. The van der Waals surface area contributed by atoms with E-state index in [0.717, 1.165) is 5.75 Å². The average Bonchev–Trinajstić information content (AvgIpc) is 2.35. The van der Waals surface area contributed by atoms with Crippen LogP contribution in [-0.4, -0.2) is 18.2 Å². The summed E-state index contributed by atoms with van der Waals surface area (Å²) < 4.78 is 5.00. The predicted octanol–water partition coefficient (Wildman–Crippen LogP) is 2.55. The van der Waals surface area contributed by atoms with Crippen molar-refractivity contribution in [1.29, 1.82) is 0 Å². The van der Waals surface area contributed by atoms with Crippen LogP contribution in [-0.2, 0) is 9.63 Å². The van der Waals surface area contributed by atoms with Gasteiger partial charge in [-0.15, -0.1) is 0 Å². The smallest absolute Gasteiger partial charge is 0.334 e. The van der Waals surface area contributed by atoms with Gasteiger partial charge in [0.25, 0.3) is 0 Å². The first-order chi connectivity index (χ1) is 7.67. The van der Waals surface area contributed by atoms with Gasteiger partial charge >= 0.3 is 5.97 Å². The fourth-order valence-corrected chi connectivity index (χ4v) is 1.10. The van der Waals surface area contributed by atoms with Crippen molar-refractivity contribution in [3.8, 4) is 5.75 Å². The molecule has 0 aliphatic heterocycles. The van der Waals surface area contributed by atoms with Gasteiger partial charge in [0.1, 0.15) is 5.75 Å². The van der Waals surface area contributed by atoms with Gasteiger partial charge in [-0.3, -0.25) is 0 Å². The van der Waals surface area contributed by atoms with Crippen LogP contribution in [0.3, 0.4) is 0 Å². The van der Waals surface area contributed by atoms with E-state index in [1.54, 1.807) is 38.3 Å². The molecule has 0 saturated carbocycles. The molecule has 0 heterocycles. The second kappa shape index (κ2) is 6.12. The first-order valence-electron chi connectivity index (χ1n) is 4.75. The van der Waals surface area contributed by atoms with Gasteiger partial charge in [0.05, 0.1) is 7.11 Å². The van der Waals surface area contributed by atoms with Crippen LogP contribution in [0.1, 0.15) is 18.9 Å². The van der Waals surface area contributed by atoms with E-state index in [-0.39, 0.29) is 11.6 Å². The SMILES string of the molecule is CCC(=O)O/N=C(/Cl)c1ccc(OC)cc1. The van der Waals surface area contributed by atoms with Gasteiger partial charge < -0.3 is 9.57 Å². The lowest BCUT2D eigenvalue weighted by atomic mass is 10.2. The molecule has 16 heavy (non-hydrogen) atoms. The zero-order chi connectivity index (χ0) is 12.0. The Kier molecular flexibility index (Phi) is 4.79. The summed E-state index contributed by atoms with van der Waals surface area (Å²) in [6, 6.07) is 6.94. The number of halogens is 1. The number of benzene rings is 1. The van der Waals surface area contributed by atoms with Gasteiger partial charge in [-0.1, -0.05) is 23.7 Å². The Morgan fingerprint density at radius 1 is 1.38 bits per heavy atom. The minimum atomic E-state index is -0.424. The number of ether oxygens (including phenoxy) is 1. The summed E-state index contributed by atoms with van der Waals surface area (Å²) in [5, 5.41) is 3.64. The Morgan fingerprint density at radius 2 is 2.00 bits per heavy atom. The van der Waals surface area contributed by atoms with E-state index in [9.17, 15) is 4.79 Å². The second-order valence-electron chi connectivity index (χ2n) is 2.93. The quantitative estimate of drug-likeness (QED) is 0.462. The van der Waals surface area contributed by atoms with E-state index in [1.165, 1.54) is 0 Å². The Hall–Kier alpha value is -1.55. The van der Waals surface area contributed by atoms with E-state index in [1.807, 2.05) is 0 Å². The largest absolute Gasteiger partial charge is 0.497 e. The molecule has 0 spiro atoms. The van der Waals surface area contributed by atoms with Crippen molar-refractivity contribution in [2.24, 2.45) is 5.16 Å². The highest BCUT2D eigenvalue weighted by atomic mass is 35.5. The molecule has 0 aromatic heterocycles. The number of oxime groups is 1. The summed E-state index contributed by atoms with van der Waals surface area (Å²) in [5.74, 6) is 0.297. The molecule has 0 aliphatic rings. The van der Waals surface area contributed by atoms with Gasteiger partial charge in [-0.2, -0.15) is 0 Å². The van der Waals surface area contributed by atoms with Crippen LogP contribution in [0.15, 0.2) is 29.4 Å². The highest BCUT2D eigenvalue weighted by molar-refractivity contribution is 6.69. The van der Waals surface area contributed by atoms with Gasteiger partial charge in [0, 0.05) is 12.0 Å². The third kappa shape index (κ3) is 3.55. The van der Waals surface area contributed by atoms with Gasteiger partial charge in [-0.05, 0) is 24.3 Å². The highest BCUT2D eigenvalue weighted by Gasteiger charge is 2.03. The third-order valence-corrected chi connectivity index (χ3v) is 2.13. The summed E-state index contributed by atoms with van der Waals surface area (Å²) >= 11 is 5.83. The maximum atomic E-state index is 10.8. The number of methoxy groups -OCH3 is 1. The molecule has 1 aromatic carbocycles. The Balaban J connectivity index is 2.71. The molecule has 0 saturated heterocycles. The van der Waals surface area contributed by atoms with Crippen LogP contribution in [0.25, 0.3) is 0 Å². The lowest BCUT2D eigenvalue weighted by molar-refractivity contribution is -0.143. The van der Waals surface area contributed by atoms with Crippen molar-refractivity contribution in [3.63, 3.8) is 0 Å². The number of carbonyl (C=O) groups is 1. The van der Waals surface area contributed by atoms with Crippen molar-refractivity contribution in [3.05, 3.63) is 29.8 Å². The van der Waals surface area contributed by atoms with Crippen molar-refractivity contribution in [1.82, 2.24) is 0 Å². The van der Waals surface area contributed by atoms with E-state index < -0.39 is 5.97 Å². The van der Waals surface area contributed by atoms with E-state index in [2.05, 4.69) is 9.99 Å². The van der Waals surface area contributed by atoms with Crippen LogP contribution in [0.5, 0.6) is 5.75 Å². The average molecular weight is 242 g/mol. The standard InChI is InChI=1S/C11H12ClNO3/c1-3-10(14)16-13-11(12)8-4-6-9(15-2)7-5-8/h4-7H,3H2,1-2H3/b13-11+. The first-order valence-corrected chi connectivity index (χ1v) is 5.13. The number of carbonyl (C=O) groups excluding carboxylic acids is 1. The molecule has 5 heteroatoms. The molecule has 0 N–H and O–H groups in total. The minimum absolute atomic E-state index is 0.129. The molecule has 0 amide bonds. The maximum absolute atomic E-state index is 10.8. The van der Waals surface area contributed by atoms with E-state index in [0.29, 0.717) is 5.56 Å². The number of hydrogen-bond donors (Lipinski definition) is 0. The van der Waals surface area contributed by atoms with Crippen molar-refractivity contribution in [2.45, 2.75) is 13.3 Å². The fraction of sp³-hybridized carbons (Fsp3) is 0.273. The van der Waals surface area contributed by atoms with Crippen LogP contribution in [0.4, 0.5) is 0 Å². The molecule has 0 bridgehead atoms. The molecule has 0 fully saturated rings. The van der Waals surface area contributed by atoms with Crippen LogP contribution >= 0.6 is 11.6 Å². The van der Waals surface area contributed by atoms with Crippen LogP contribution in [0.2, 0.25) is 0 Å². The van der Waals surface area contributed by atoms with Gasteiger partial charge in [0.15, 0.2) is 5.17 Å². The highest BCUT2D eigenvalue weighted by Crippen LogP contribution is 2.13. The van der Waals surface area contributed by atoms with Crippen LogP contribution < -0.4 is 4.74 Å². The second-order valence-corrected chi connectivity index (χ2v) is 3.29. The lowest BCUT2D eigenvalue weighted by Gasteiger charge is -2.01. The fourth-order valence-electron chi connectivity index (χ4n) is 0.937. The van der Waals surface area contributed by atoms with Crippen molar-refractivity contribution >= 4 is 22.7 Å². The monoisotopic (exact) mass is 241 g/mol. The molecular weight excluding hydrogens is 230 g/mol. The summed E-state index contributed by atoms with van der Waals surface area (Å²) in [4.78, 5) is 15.4. The molecule has 4 nitrogen and oxygen atoms in total. The zero-order valence-electron chi connectivity index (χ0n) is 9.07.